The first-order chi connectivity index (χ1) is 14.6. The van der Waals surface area contributed by atoms with Gasteiger partial charge in [-0.2, -0.15) is 0 Å². The second-order valence-corrected chi connectivity index (χ2v) is 8.73. The quantitative estimate of drug-likeness (QED) is 0.228. The van der Waals surface area contributed by atoms with Gasteiger partial charge in [0.2, 0.25) is 0 Å². The van der Waals surface area contributed by atoms with Crippen LogP contribution in [0.3, 0.4) is 0 Å². The SMILES string of the molecule is CCCCCCCCCCCCCCCCCCN(Cc1ccc(O)cc1)C(N)=O. The van der Waals surface area contributed by atoms with Crippen LogP contribution < -0.4 is 5.73 Å². The monoisotopic (exact) mass is 418 g/mol. The van der Waals surface area contributed by atoms with Crippen LogP contribution in [0.15, 0.2) is 24.3 Å². The Kier molecular flexibility index (Phi) is 15.9. The van der Waals surface area contributed by atoms with E-state index in [4.69, 9.17) is 5.73 Å². The lowest BCUT2D eigenvalue weighted by Gasteiger charge is -2.20. The van der Waals surface area contributed by atoms with E-state index in [0.717, 1.165) is 18.4 Å². The molecule has 0 aliphatic heterocycles. The Morgan fingerprint density at radius 3 is 1.53 bits per heavy atom. The van der Waals surface area contributed by atoms with Crippen LogP contribution in [0.25, 0.3) is 0 Å². The Labute approximate surface area is 185 Å². The van der Waals surface area contributed by atoms with Gasteiger partial charge in [0.25, 0.3) is 0 Å². The lowest BCUT2D eigenvalue weighted by atomic mass is 10.0. The van der Waals surface area contributed by atoms with Crippen molar-refractivity contribution in [3.63, 3.8) is 0 Å². The first kappa shape index (κ1) is 26.3. The van der Waals surface area contributed by atoms with Crippen molar-refractivity contribution in [1.82, 2.24) is 4.90 Å². The van der Waals surface area contributed by atoms with Gasteiger partial charge < -0.3 is 15.7 Å². The van der Waals surface area contributed by atoms with Gasteiger partial charge in [-0.15, -0.1) is 0 Å². The molecule has 3 N–H and O–H groups in total. The van der Waals surface area contributed by atoms with Crippen molar-refractivity contribution in [1.29, 1.82) is 0 Å². The van der Waals surface area contributed by atoms with Crippen LogP contribution in [-0.4, -0.2) is 22.6 Å². The number of hydrogen-bond donors (Lipinski definition) is 2. The fourth-order valence-electron chi connectivity index (χ4n) is 3.94. The predicted octanol–water partition coefficient (Wildman–Crippen LogP) is 7.53. The molecule has 1 rings (SSSR count). The van der Waals surface area contributed by atoms with Crippen molar-refractivity contribution in [3.8, 4) is 5.75 Å². The minimum atomic E-state index is -0.371. The van der Waals surface area contributed by atoms with Gasteiger partial charge in [0.15, 0.2) is 0 Å². The largest absolute Gasteiger partial charge is 0.508 e. The van der Waals surface area contributed by atoms with Crippen LogP contribution in [0, 0.1) is 0 Å². The van der Waals surface area contributed by atoms with E-state index >= 15 is 0 Å². The van der Waals surface area contributed by atoms with Gasteiger partial charge in [0, 0.05) is 13.1 Å². The minimum Gasteiger partial charge on any atom is -0.508 e. The number of aromatic hydroxyl groups is 1. The molecule has 2 amide bonds. The van der Waals surface area contributed by atoms with Crippen LogP contribution in [0.4, 0.5) is 4.79 Å². The van der Waals surface area contributed by atoms with E-state index in [0.29, 0.717) is 13.1 Å². The molecule has 0 fully saturated rings. The summed E-state index contributed by atoms with van der Waals surface area (Å²) in [7, 11) is 0. The standard InChI is InChI=1S/C26H46N2O2/c1-2-3-4-5-6-7-8-9-10-11-12-13-14-15-16-17-22-28(26(27)30)23-24-18-20-25(29)21-19-24/h18-21,29H,2-17,22-23H2,1H3,(H2,27,30). The number of urea groups is 1. The van der Waals surface area contributed by atoms with Crippen LogP contribution in [0.1, 0.15) is 115 Å². The Morgan fingerprint density at radius 1 is 0.733 bits per heavy atom. The van der Waals surface area contributed by atoms with Crippen molar-refractivity contribution in [2.75, 3.05) is 6.54 Å². The van der Waals surface area contributed by atoms with Crippen LogP contribution >= 0.6 is 0 Å². The molecule has 4 heteroatoms. The second-order valence-electron chi connectivity index (χ2n) is 8.73. The number of benzene rings is 1. The average molecular weight is 419 g/mol. The molecule has 0 unspecified atom stereocenters. The summed E-state index contributed by atoms with van der Waals surface area (Å²) in [5.41, 5.74) is 6.51. The van der Waals surface area contributed by atoms with E-state index in [-0.39, 0.29) is 11.8 Å². The fourth-order valence-corrected chi connectivity index (χ4v) is 3.94. The minimum absolute atomic E-state index is 0.238. The molecule has 0 aliphatic carbocycles. The number of carbonyl (C=O) groups excluding carboxylic acids is 1. The maximum Gasteiger partial charge on any atom is 0.315 e. The molecule has 0 aromatic heterocycles. The molecule has 4 nitrogen and oxygen atoms in total. The van der Waals surface area contributed by atoms with E-state index < -0.39 is 0 Å². The normalized spacial score (nSPS) is 11.0. The molecular weight excluding hydrogens is 372 g/mol. The molecule has 0 bridgehead atoms. The maximum absolute atomic E-state index is 11.7. The first-order valence-electron chi connectivity index (χ1n) is 12.5. The number of nitrogens with zero attached hydrogens (tertiary/aromatic N) is 1. The molecule has 172 valence electrons. The number of hydrogen-bond acceptors (Lipinski definition) is 2. The Hall–Kier alpha value is -1.71. The van der Waals surface area contributed by atoms with Crippen LogP contribution in [0.5, 0.6) is 5.75 Å². The highest BCUT2D eigenvalue weighted by molar-refractivity contribution is 5.72. The Balaban J connectivity index is 1.92. The Morgan fingerprint density at radius 2 is 1.13 bits per heavy atom. The van der Waals surface area contributed by atoms with E-state index in [1.807, 2.05) is 12.1 Å². The number of phenols is 1. The molecular formula is C26H46N2O2. The van der Waals surface area contributed by atoms with Crippen LogP contribution in [0.2, 0.25) is 0 Å². The van der Waals surface area contributed by atoms with Gasteiger partial charge in [-0.3, -0.25) is 0 Å². The smallest absolute Gasteiger partial charge is 0.315 e. The Bertz CT molecular complexity index is 530. The molecule has 0 saturated carbocycles. The average Bonchev–Trinajstić information content (AvgIpc) is 2.73. The van der Waals surface area contributed by atoms with Gasteiger partial charge in [-0.1, -0.05) is 115 Å². The summed E-state index contributed by atoms with van der Waals surface area (Å²) in [6.45, 7) is 3.49. The number of amides is 2. The summed E-state index contributed by atoms with van der Waals surface area (Å²) < 4.78 is 0. The lowest BCUT2D eigenvalue weighted by molar-refractivity contribution is 0.203. The number of unbranched alkanes of at least 4 members (excludes halogenated alkanes) is 15. The molecule has 0 radical (unpaired) electrons. The lowest BCUT2D eigenvalue weighted by Crippen LogP contribution is -2.35. The number of rotatable bonds is 19. The van der Waals surface area contributed by atoms with E-state index in [1.54, 1.807) is 17.0 Å². The van der Waals surface area contributed by atoms with Gasteiger partial charge >= 0.3 is 6.03 Å². The summed E-state index contributed by atoms with van der Waals surface area (Å²) in [6.07, 6.45) is 21.5. The summed E-state index contributed by atoms with van der Waals surface area (Å²) in [5, 5.41) is 9.35. The van der Waals surface area contributed by atoms with Crippen molar-refractivity contribution < 1.29 is 9.90 Å². The zero-order valence-electron chi connectivity index (χ0n) is 19.4. The van der Waals surface area contributed by atoms with Gasteiger partial charge in [0.05, 0.1) is 0 Å². The van der Waals surface area contributed by atoms with Crippen molar-refractivity contribution in [3.05, 3.63) is 29.8 Å². The first-order valence-corrected chi connectivity index (χ1v) is 12.5. The molecule has 0 aliphatic rings. The highest BCUT2D eigenvalue weighted by Crippen LogP contribution is 2.15. The maximum atomic E-state index is 11.7. The predicted molar refractivity (Wildman–Crippen MR) is 128 cm³/mol. The number of carbonyl (C=O) groups is 1. The van der Waals surface area contributed by atoms with Crippen molar-refractivity contribution >= 4 is 6.03 Å². The molecule has 1 aromatic carbocycles. The van der Waals surface area contributed by atoms with E-state index in [9.17, 15) is 9.90 Å². The third-order valence-electron chi connectivity index (χ3n) is 5.90. The van der Waals surface area contributed by atoms with Gasteiger partial charge in [-0.05, 0) is 24.1 Å². The second kappa shape index (κ2) is 18.1. The number of nitrogens with two attached hydrogens (primary N) is 1. The topological polar surface area (TPSA) is 66.6 Å². The van der Waals surface area contributed by atoms with Crippen molar-refractivity contribution in [2.24, 2.45) is 5.73 Å². The van der Waals surface area contributed by atoms with Crippen molar-refractivity contribution in [2.45, 2.75) is 116 Å². The number of phenolic OH excluding ortho intramolecular Hbond substituents is 1. The summed E-state index contributed by atoms with van der Waals surface area (Å²) in [6, 6.07) is 6.58. The molecule has 0 heterocycles. The zero-order chi connectivity index (χ0) is 21.9. The third kappa shape index (κ3) is 14.3. The zero-order valence-corrected chi connectivity index (χ0v) is 19.4. The van der Waals surface area contributed by atoms with E-state index in [1.165, 1.54) is 89.9 Å². The third-order valence-corrected chi connectivity index (χ3v) is 5.90. The summed E-state index contributed by atoms with van der Waals surface area (Å²) in [4.78, 5) is 13.4. The van der Waals surface area contributed by atoms with Crippen LogP contribution in [-0.2, 0) is 6.54 Å². The highest BCUT2D eigenvalue weighted by Gasteiger charge is 2.10. The molecule has 30 heavy (non-hydrogen) atoms. The highest BCUT2D eigenvalue weighted by atomic mass is 16.3. The molecule has 1 aromatic rings. The van der Waals surface area contributed by atoms with E-state index in [2.05, 4.69) is 6.92 Å². The number of primary amides is 1. The summed E-state index contributed by atoms with van der Waals surface area (Å²) in [5.74, 6) is 0.238. The fraction of sp³-hybridized carbons (Fsp3) is 0.731. The summed E-state index contributed by atoms with van der Waals surface area (Å²) >= 11 is 0. The van der Waals surface area contributed by atoms with Gasteiger partial charge in [-0.25, -0.2) is 4.79 Å². The molecule has 0 saturated heterocycles. The molecule has 0 atom stereocenters. The van der Waals surface area contributed by atoms with Gasteiger partial charge in [0.1, 0.15) is 5.75 Å². The molecule has 0 spiro atoms.